The average molecular weight is 236 g/mol. The monoisotopic (exact) mass is 236 g/mol. The van der Waals surface area contributed by atoms with Gasteiger partial charge >= 0.3 is 0 Å². The molecule has 0 aromatic heterocycles. The lowest BCUT2D eigenvalue weighted by Crippen LogP contribution is -2.52. The topological polar surface area (TPSA) is 69.9 Å². The standard InChI is InChI=1S/C13H16O4/c14-10-8-17-11(13(16)12(10)15)7-6-9-4-2-1-3-5-9/h1-7,10-16H,8H2/t10-,11?,12+,13+/m1/s1. The van der Waals surface area contributed by atoms with Gasteiger partial charge in [-0.1, -0.05) is 42.5 Å². The van der Waals surface area contributed by atoms with Gasteiger partial charge in [0, 0.05) is 0 Å². The molecule has 0 radical (unpaired) electrons. The van der Waals surface area contributed by atoms with Gasteiger partial charge in [-0.3, -0.25) is 0 Å². The third-order valence-electron chi connectivity index (χ3n) is 2.82. The maximum Gasteiger partial charge on any atom is 0.112 e. The van der Waals surface area contributed by atoms with E-state index in [0.717, 1.165) is 5.56 Å². The third kappa shape index (κ3) is 2.92. The normalized spacial score (nSPS) is 34.1. The Labute approximate surface area is 99.8 Å². The van der Waals surface area contributed by atoms with Gasteiger partial charge in [0.2, 0.25) is 0 Å². The minimum atomic E-state index is -1.16. The van der Waals surface area contributed by atoms with Crippen molar-refractivity contribution < 1.29 is 20.1 Å². The van der Waals surface area contributed by atoms with Crippen molar-refractivity contribution in [3.05, 3.63) is 42.0 Å². The zero-order chi connectivity index (χ0) is 12.3. The SMILES string of the molecule is O[C@H]1[C@H](O)COC(C=Cc2ccccc2)[C@@H]1O. The van der Waals surface area contributed by atoms with E-state index < -0.39 is 24.4 Å². The molecule has 0 saturated carbocycles. The summed E-state index contributed by atoms with van der Waals surface area (Å²) >= 11 is 0. The van der Waals surface area contributed by atoms with Crippen LogP contribution in [0.15, 0.2) is 36.4 Å². The number of hydrogen-bond acceptors (Lipinski definition) is 4. The Morgan fingerprint density at radius 2 is 1.76 bits per heavy atom. The molecule has 0 amide bonds. The molecule has 1 aliphatic heterocycles. The van der Waals surface area contributed by atoms with Crippen molar-refractivity contribution in [2.45, 2.75) is 24.4 Å². The molecule has 1 fully saturated rings. The summed E-state index contributed by atoms with van der Waals surface area (Å²) in [7, 11) is 0. The lowest BCUT2D eigenvalue weighted by atomic mass is 9.99. The molecule has 1 aromatic carbocycles. The maximum absolute atomic E-state index is 9.70. The van der Waals surface area contributed by atoms with E-state index in [1.807, 2.05) is 36.4 Å². The van der Waals surface area contributed by atoms with Crippen LogP contribution in [0.5, 0.6) is 0 Å². The first-order chi connectivity index (χ1) is 8.18. The molecular formula is C13H16O4. The highest BCUT2D eigenvalue weighted by molar-refractivity contribution is 5.49. The summed E-state index contributed by atoms with van der Waals surface area (Å²) in [4.78, 5) is 0. The van der Waals surface area contributed by atoms with Gasteiger partial charge in [0.1, 0.15) is 24.4 Å². The molecule has 4 heteroatoms. The molecule has 17 heavy (non-hydrogen) atoms. The first-order valence-electron chi connectivity index (χ1n) is 5.57. The first kappa shape index (κ1) is 12.3. The molecule has 3 N–H and O–H groups in total. The summed E-state index contributed by atoms with van der Waals surface area (Å²) in [5, 5.41) is 28.5. The highest BCUT2D eigenvalue weighted by atomic mass is 16.5. The second-order valence-corrected chi connectivity index (χ2v) is 4.12. The largest absolute Gasteiger partial charge is 0.388 e. The van der Waals surface area contributed by atoms with Gasteiger partial charge in [-0.15, -0.1) is 0 Å². The molecule has 92 valence electrons. The van der Waals surface area contributed by atoms with E-state index in [2.05, 4.69) is 0 Å². The molecule has 1 heterocycles. The van der Waals surface area contributed by atoms with Crippen LogP contribution < -0.4 is 0 Å². The van der Waals surface area contributed by atoms with Crippen LogP contribution in [0.1, 0.15) is 5.56 Å². The minimum Gasteiger partial charge on any atom is -0.388 e. The van der Waals surface area contributed by atoms with E-state index >= 15 is 0 Å². The van der Waals surface area contributed by atoms with Crippen molar-refractivity contribution >= 4 is 6.08 Å². The quantitative estimate of drug-likeness (QED) is 0.685. The summed E-state index contributed by atoms with van der Waals surface area (Å²) < 4.78 is 5.25. The minimum absolute atomic E-state index is 0.0298. The van der Waals surface area contributed by atoms with Gasteiger partial charge in [0.25, 0.3) is 0 Å². The number of ether oxygens (including phenoxy) is 1. The Morgan fingerprint density at radius 1 is 1.06 bits per heavy atom. The molecular weight excluding hydrogens is 220 g/mol. The second-order valence-electron chi connectivity index (χ2n) is 4.12. The average Bonchev–Trinajstić information content (AvgIpc) is 2.36. The van der Waals surface area contributed by atoms with Crippen molar-refractivity contribution in [2.24, 2.45) is 0 Å². The number of rotatable bonds is 2. The fourth-order valence-corrected chi connectivity index (χ4v) is 1.77. The Balaban J connectivity index is 2.02. The van der Waals surface area contributed by atoms with Crippen LogP contribution in [0.25, 0.3) is 6.08 Å². The number of aliphatic hydroxyl groups excluding tert-OH is 3. The van der Waals surface area contributed by atoms with Gasteiger partial charge in [-0.05, 0) is 5.56 Å². The Hall–Kier alpha value is -1.20. The van der Waals surface area contributed by atoms with Crippen molar-refractivity contribution in [3.8, 4) is 0 Å². The van der Waals surface area contributed by atoms with Gasteiger partial charge in [0.05, 0.1) is 6.61 Å². The highest BCUT2D eigenvalue weighted by Gasteiger charge is 2.35. The molecule has 1 saturated heterocycles. The second kappa shape index (κ2) is 5.42. The smallest absolute Gasteiger partial charge is 0.112 e. The summed E-state index contributed by atoms with van der Waals surface area (Å²) in [6, 6.07) is 9.60. The fourth-order valence-electron chi connectivity index (χ4n) is 1.77. The van der Waals surface area contributed by atoms with E-state index in [1.165, 1.54) is 0 Å². The molecule has 0 spiro atoms. The van der Waals surface area contributed by atoms with E-state index in [-0.39, 0.29) is 6.61 Å². The van der Waals surface area contributed by atoms with E-state index in [1.54, 1.807) is 6.08 Å². The van der Waals surface area contributed by atoms with E-state index in [0.29, 0.717) is 0 Å². The predicted molar refractivity (Wildman–Crippen MR) is 63.2 cm³/mol. The fraction of sp³-hybridized carbons (Fsp3) is 0.385. The number of aliphatic hydroxyl groups is 3. The molecule has 0 aliphatic carbocycles. The molecule has 1 aromatic rings. The predicted octanol–water partition coefficient (Wildman–Crippen LogP) is 0.181. The van der Waals surface area contributed by atoms with Crippen LogP contribution >= 0.6 is 0 Å². The summed E-state index contributed by atoms with van der Waals surface area (Å²) in [6.45, 7) is 0.0298. The Kier molecular flexibility index (Phi) is 3.91. The molecule has 1 aliphatic rings. The third-order valence-corrected chi connectivity index (χ3v) is 2.82. The summed E-state index contributed by atoms with van der Waals surface area (Å²) in [5.74, 6) is 0. The highest BCUT2D eigenvalue weighted by Crippen LogP contribution is 2.17. The zero-order valence-electron chi connectivity index (χ0n) is 9.31. The van der Waals surface area contributed by atoms with Gasteiger partial charge in [-0.2, -0.15) is 0 Å². The Bertz CT molecular complexity index is 376. The zero-order valence-corrected chi connectivity index (χ0v) is 9.31. The van der Waals surface area contributed by atoms with Crippen LogP contribution in [0.4, 0.5) is 0 Å². The number of benzene rings is 1. The van der Waals surface area contributed by atoms with E-state index in [4.69, 9.17) is 4.74 Å². The lowest BCUT2D eigenvalue weighted by molar-refractivity contribution is -0.173. The van der Waals surface area contributed by atoms with Crippen LogP contribution in [-0.4, -0.2) is 46.3 Å². The van der Waals surface area contributed by atoms with Gasteiger partial charge < -0.3 is 20.1 Å². The van der Waals surface area contributed by atoms with Gasteiger partial charge in [0.15, 0.2) is 0 Å². The van der Waals surface area contributed by atoms with Crippen molar-refractivity contribution in [2.75, 3.05) is 6.61 Å². The van der Waals surface area contributed by atoms with Crippen molar-refractivity contribution in [3.63, 3.8) is 0 Å². The summed E-state index contributed by atoms with van der Waals surface area (Å²) in [5.41, 5.74) is 0.990. The van der Waals surface area contributed by atoms with Gasteiger partial charge in [-0.25, -0.2) is 0 Å². The molecule has 1 unspecified atom stereocenters. The molecule has 4 nitrogen and oxygen atoms in total. The molecule has 2 rings (SSSR count). The van der Waals surface area contributed by atoms with Crippen LogP contribution in [0.2, 0.25) is 0 Å². The summed E-state index contributed by atoms with van der Waals surface area (Å²) in [6.07, 6.45) is -0.360. The van der Waals surface area contributed by atoms with Crippen molar-refractivity contribution in [1.82, 2.24) is 0 Å². The Morgan fingerprint density at radius 3 is 2.47 bits per heavy atom. The van der Waals surface area contributed by atoms with Crippen LogP contribution in [0.3, 0.4) is 0 Å². The van der Waals surface area contributed by atoms with Crippen LogP contribution in [0, 0.1) is 0 Å². The molecule has 0 bridgehead atoms. The van der Waals surface area contributed by atoms with E-state index in [9.17, 15) is 15.3 Å². The van der Waals surface area contributed by atoms with Crippen LogP contribution in [-0.2, 0) is 4.74 Å². The lowest BCUT2D eigenvalue weighted by Gasteiger charge is -2.33. The molecule has 4 atom stereocenters. The van der Waals surface area contributed by atoms with Crippen molar-refractivity contribution in [1.29, 1.82) is 0 Å². The maximum atomic E-state index is 9.70. The first-order valence-corrected chi connectivity index (χ1v) is 5.57. The number of hydrogen-bond donors (Lipinski definition) is 3.